The molecule has 2 rings (SSSR count). The molecule has 2 aromatic rings. The van der Waals surface area contributed by atoms with Crippen LogP contribution in [0.4, 0.5) is 5.69 Å². The molecular formula is C18H20N2O4. The average molecular weight is 328 g/mol. The van der Waals surface area contributed by atoms with Crippen LogP contribution in [0.25, 0.3) is 0 Å². The van der Waals surface area contributed by atoms with Gasteiger partial charge in [0.25, 0.3) is 5.91 Å². The van der Waals surface area contributed by atoms with Gasteiger partial charge in [-0.1, -0.05) is 32.0 Å². The van der Waals surface area contributed by atoms with E-state index in [4.69, 9.17) is 4.74 Å². The Bertz CT molecular complexity index is 743. The summed E-state index contributed by atoms with van der Waals surface area (Å²) in [6.45, 7) is 5.51. The fraction of sp³-hybridized carbons (Fsp3) is 0.278. The summed E-state index contributed by atoms with van der Waals surface area (Å²) in [6, 6.07) is 11.8. The molecule has 0 fully saturated rings. The summed E-state index contributed by atoms with van der Waals surface area (Å²) >= 11 is 0. The number of para-hydroxylation sites is 1. The van der Waals surface area contributed by atoms with Crippen molar-refractivity contribution in [1.29, 1.82) is 0 Å². The first-order valence-electron chi connectivity index (χ1n) is 7.69. The number of carbonyl (C=O) groups excluding carboxylic acids is 2. The van der Waals surface area contributed by atoms with E-state index in [0.717, 1.165) is 5.56 Å². The Morgan fingerprint density at radius 3 is 2.42 bits per heavy atom. The van der Waals surface area contributed by atoms with Gasteiger partial charge in [-0.25, -0.2) is 4.79 Å². The van der Waals surface area contributed by atoms with E-state index >= 15 is 0 Å². The SMILES string of the molecule is CC(C)c1ccccc1NC(=O)[C@@H](C)OC(=O)c1cccc[n+]1[O-]. The predicted octanol–water partition coefficient (Wildman–Crippen LogP) is 2.63. The van der Waals surface area contributed by atoms with Crippen molar-refractivity contribution < 1.29 is 19.1 Å². The standard InChI is InChI=1S/C18H20N2O4/c1-12(2)14-8-4-5-9-15(14)19-17(21)13(3)24-18(22)16-10-6-7-11-20(16)23/h4-13H,1-3H3,(H,19,21)/t13-/m1/s1. The molecule has 6 heteroatoms. The second kappa shape index (κ2) is 7.59. The van der Waals surface area contributed by atoms with E-state index < -0.39 is 18.0 Å². The van der Waals surface area contributed by atoms with Gasteiger partial charge in [-0.2, -0.15) is 4.73 Å². The minimum atomic E-state index is -1.03. The number of esters is 1. The summed E-state index contributed by atoms with van der Waals surface area (Å²) in [5.41, 5.74) is 1.50. The maximum atomic E-state index is 12.3. The van der Waals surface area contributed by atoms with Gasteiger partial charge in [0.05, 0.1) is 0 Å². The third kappa shape index (κ3) is 4.10. The molecule has 1 heterocycles. The van der Waals surface area contributed by atoms with E-state index in [-0.39, 0.29) is 11.6 Å². The molecule has 0 aliphatic rings. The predicted molar refractivity (Wildman–Crippen MR) is 89.4 cm³/mol. The molecule has 1 N–H and O–H groups in total. The Kier molecular flexibility index (Phi) is 5.52. The fourth-order valence-corrected chi connectivity index (χ4v) is 2.21. The Hall–Kier alpha value is -2.89. The molecule has 24 heavy (non-hydrogen) atoms. The molecule has 0 saturated heterocycles. The average Bonchev–Trinajstić information content (AvgIpc) is 2.55. The van der Waals surface area contributed by atoms with Gasteiger partial charge in [-0.3, -0.25) is 4.79 Å². The number of anilines is 1. The molecular weight excluding hydrogens is 308 g/mol. The first-order chi connectivity index (χ1) is 11.4. The van der Waals surface area contributed by atoms with Crippen LogP contribution in [0, 0.1) is 5.21 Å². The highest BCUT2D eigenvalue weighted by Crippen LogP contribution is 2.23. The fourth-order valence-electron chi connectivity index (χ4n) is 2.21. The van der Waals surface area contributed by atoms with Crippen molar-refractivity contribution in [3.8, 4) is 0 Å². The lowest BCUT2D eigenvalue weighted by Crippen LogP contribution is -2.37. The van der Waals surface area contributed by atoms with Crippen molar-refractivity contribution in [2.75, 3.05) is 5.32 Å². The van der Waals surface area contributed by atoms with Gasteiger partial charge in [0.15, 0.2) is 12.3 Å². The highest BCUT2D eigenvalue weighted by atomic mass is 16.6. The molecule has 0 aliphatic carbocycles. The Morgan fingerprint density at radius 2 is 1.75 bits per heavy atom. The first-order valence-corrected chi connectivity index (χ1v) is 7.69. The molecule has 0 spiro atoms. The molecule has 0 aliphatic heterocycles. The van der Waals surface area contributed by atoms with Crippen molar-refractivity contribution in [3.05, 3.63) is 65.1 Å². The zero-order valence-corrected chi connectivity index (χ0v) is 13.9. The quantitative estimate of drug-likeness (QED) is 0.519. The van der Waals surface area contributed by atoms with Gasteiger partial charge < -0.3 is 15.3 Å². The summed E-state index contributed by atoms with van der Waals surface area (Å²) in [5, 5.41) is 14.3. The van der Waals surface area contributed by atoms with Gasteiger partial charge in [0.1, 0.15) is 0 Å². The first kappa shape index (κ1) is 17.5. The maximum absolute atomic E-state index is 12.3. The lowest BCUT2D eigenvalue weighted by atomic mass is 10.0. The summed E-state index contributed by atoms with van der Waals surface area (Å²) < 4.78 is 5.48. The van der Waals surface area contributed by atoms with E-state index in [2.05, 4.69) is 5.32 Å². The Balaban J connectivity index is 2.06. The van der Waals surface area contributed by atoms with Gasteiger partial charge >= 0.3 is 11.7 Å². The van der Waals surface area contributed by atoms with E-state index in [1.54, 1.807) is 12.1 Å². The number of carbonyl (C=O) groups is 2. The highest BCUT2D eigenvalue weighted by Gasteiger charge is 2.24. The van der Waals surface area contributed by atoms with Crippen molar-refractivity contribution in [2.45, 2.75) is 32.8 Å². The van der Waals surface area contributed by atoms with Gasteiger partial charge in [-0.15, -0.1) is 0 Å². The smallest absolute Gasteiger partial charge is 0.405 e. The van der Waals surface area contributed by atoms with Crippen LogP contribution in [0.3, 0.4) is 0 Å². The summed E-state index contributed by atoms with van der Waals surface area (Å²) in [5.74, 6) is -1.06. The minimum absolute atomic E-state index is 0.167. The minimum Gasteiger partial charge on any atom is -0.618 e. The maximum Gasteiger partial charge on any atom is 0.405 e. The van der Waals surface area contributed by atoms with E-state index in [0.29, 0.717) is 10.4 Å². The Labute approximate surface area is 140 Å². The van der Waals surface area contributed by atoms with E-state index in [9.17, 15) is 14.8 Å². The number of amides is 1. The number of ether oxygens (including phenoxy) is 1. The third-order valence-corrected chi connectivity index (χ3v) is 3.53. The van der Waals surface area contributed by atoms with E-state index in [1.165, 1.54) is 25.3 Å². The molecule has 6 nitrogen and oxygen atoms in total. The third-order valence-electron chi connectivity index (χ3n) is 3.53. The molecule has 1 atom stereocenters. The zero-order chi connectivity index (χ0) is 17.7. The summed E-state index contributed by atoms with van der Waals surface area (Å²) in [4.78, 5) is 24.3. The molecule has 0 bridgehead atoms. The largest absolute Gasteiger partial charge is 0.618 e. The van der Waals surface area contributed by atoms with Crippen LogP contribution in [-0.2, 0) is 9.53 Å². The van der Waals surface area contributed by atoms with Gasteiger partial charge in [-0.05, 0) is 30.5 Å². The number of hydrogen-bond acceptors (Lipinski definition) is 4. The lowest BCUT2D eigenvalue weighted by Gasteiger charge is -2.16. The molecule has 0 saturated carbocycles. The Morgan fingerprint density at radius 1 is 1.08 bits per heavy atom. The molecule has 1 aromatic heterocycles. The molecule has 1 amide bonds. The second-order valence-corrected chi connectivity index (χ2v) is 5.69. The molecule has 1 aromatic carbocycles. The number of hydrogen-bond donors (Lipinski definition) is 1. The van der Waals surface area contributed by atoms with Crippen LogP contribution in [0.15, 0.2) is 48.7 Å². The van der Waals surface area contributed by atoms with Crippen LogP contribution in [0.2, 0.25) is 0 Å². The van der Waals surface area contributed by atoms with Crippen LogP contribution >= 0.6 is 0 Å². The van der Waals surface area contributed by atoms with Crippen LogP contribution in [-0.4, -0.2) is 18.0 Å². The van der Waals surface area contributed by atoms with E-state index in [1.807, 2.05) is 32.0 Å². The highest BCUT2D eigenvalue weighted by molar-refractivity contribution is 5.97. The second-order valence-electron chi connectivity index (χ2n) is 5.69. The number of rotatable bonds is 5. The normalized spacial score (nSPS) is 11.8. The lowest BCUT2D eigenvalue weighted by molar-refractivity contribution is -0.608. The number of nitrogens with zero attached hydrogens (tertiary/aromatic N) is 1. The van der Waals surface area contributed by atoms with Crippen molar-refractivity contribution in [2.24, 2.45) is 0 Å². The van der Waals surface area contributed by atoms with Crippen molar-refractivity contribution >= 4 is 17.6 Å². The van der Waals surface area contributed by atoms with Gasteiger partial charge in [0.2, 0.25) is 0 Å². The molecule has 0 unspecified atom stereocenters. The number of nitrogens with one attached hydrogen (secondary N) is 1. The molecule has 0 radical (unpaired) electrons. The topological polar surface area (TPSA) is 82.3 Å². The zero-order valence-electron chi connectivity index (χ0n) is 13.9. The van der Waals surface area contributed by atoms with Gasteiger partial charge in [0, 0.05) is 17.8 Å². The monoisotopic (exact) mass is 328 g/mol. The summed E-state index contributed by atoms with van der Waals surface area (Å²) in [6.07, 6.45) is 0.165. The van der Waals surface area contributed by atoms with Crippen molar-refractivity contribution in [3.63, 3.8) is 0 Å². The number of aromatic nitrogens is 1. The molecule has 126 valence electrons. The summed E-state index contributed by atoms with van der Waals surface area (Å²) in [7, 11) is 0. The van der Waals surface area contributed by atoms with Crippen LogP contribution < -0.4 is 10.0 Å². The number of pyridine rings is 1. The van der Waals surface area contributed by atoms with Crippen LogP contribution in [0.5, 0.6) is 0 Å². The van der Waals surface area contributed by atoms with Crippen molar-refractivity contribution in [1.82, 2.24) is 0 Å². The number of benzene rings is 1. The van der Waals surface area contributed by atoms with Crippen LogP contribution in [0.1, 0.15) is 42.7 Å².